The van der Waals surface area contributed by atoms with Crippen LogP contribution in [0.15, 0.2) is 53.5 Å². The fraction of sp³-hybridized carbons (Fsp3) is 0.111. The van der Waals surface area contributed by atoms with E-state index in [0.717, 1.165) is 11.3 Å². The minimum absolute atomic E-state index is 0.253. The number of halogens is 1. The maximum absolute atomic E-state index is 13.6. The first-order chi connectivity index (χ1) is 11.7. The maximum atomic E-state index is 13.6. The van der Waals surface area contributed by atoms with Crippen molar-refractivity contribution in [3.05, 3.63) is 64.8 Å². The molecule has 2 aliphatic rings. The lowest BCUT2D eigenvalue weighted by molar-refractivity contribution is 0.340. The Bertz CT molecular complexity index is 1050. The van der Waals surface area contributed by atoms with Crippen molar-refractivity contribution in [2.24, 2.45) is 0 Å². The van der Waals surface area contributed by atoms with Crippen molar-refractivity contribution in [2.75, 3.05) is 6.61 Å². The predicted molar refractivity (Wildman–Crippen MR) is 89.4 cm³/mol. The van der Waals surface area contributed by atoms with E-state index >= 15 is 0 Å². The average Bonchev–Trinajstić information content (AvgIpc) is 2.93. The summed E-state index contributed by atoms with van der Waals surface area (Å²) in [5, 5.41) is 4.98. The molecule has 0 atom stereocenters. The van der Waals surface area contributed by atoms with E-state index < -0.39 is 0 Å². The van der Waals surface area contributed by atoms with E-state index in [1.807, 2.05) is 6.92 Å². The smallest absolute Gasteiger partial charge is 0.282 e. The first kappa shape index (κ1) is 14.4. The second kappa shape index (κ2) is 5.49. The first-order valence-corrected chi connectivity index (χ1v) is 7.60. The molecule has 5 nitrogen and oxygen atoms in total. The molecule has 0 unspecified atom stereocenters. The number of fused-ring (bicyclic) bond motifs is 3. The summed E-state index contributed by atoms with van der Waals surface area (Å²) in [6.45, 7) is 2.48. The van der Waals surface area contributed by atoms with Crippen LogP contribution >= 0.6 is 0 Å². The molecular weight excluding hydrogens is 309 g/mol. The number of aromatic amines is 1. The highest BCUT2D eigenvalue weighted by Crippen LogP contribution is 2.26. The zero-order valence-corrected chi connectivity index (χ0v) is 12.9. The van der Waals surface area contributed by atoms with Gasteiger partial charge in [0.15, 0.2) is 0 Å². The molecule has 0 saturated carbocycles. The largest absolute Gasteiger partial charge is 0.494 e. The number of aromatic nitrogens is 3. The van der Waals surface area contributed by atoms with Gasteiger partial charge in [-0.1, -0.05) is 0 Å². The standard InChI is InChI=1S/C18H14FN3O2/c1-2-24-13-6-4-12(5-7-13)22-18(23)15-10-20-16-8-3-11(19)9-14(16)17(15)21-22/h3-10,20H,2H2,1H3. The number of rotatable bonds is 3. The van der Waals surface area contributed by atoms with Crippen LogP contribution in [0.25, 0.3) is 27.8 Å². The molecule has 4 rings (SSSR count). The Kier molecular flexibility index (Phi) is 3.30. The number of pyridine rings is 1. The quantitative estimate of drug-likeness (QED) is 0.629. The highest BCUT2D eigenvalue weighted by molar-refractivity contribution is 5.93. The third-order valence-corrected chi connectivity index (χ3v) is 3.88. The van der Waals surface area contributed by atoms with E-state index in [4.69, 9.17) is 4.74 Å². The van der Waals surface area contributed by atoms with Crippen LogP contribution in [0.5, 0.6) is 5.75 Å². The molecule has 0 bridgehead atoms. The van der Waals surface area contributed by atoms with Gasteiger partial charge >= 0.3 is 0 Å². The molecule has 0 aliphatic carbocycles. The molecule has 2 aromatic rings. The average molecular weight is 323 g/mol. The van der Waals surface area contributed by atoms with E-state index in [-0.39, 0.29) is 11.4 Å². The monoisotopic (exact) mass is 323 g/mol. The van der Waals surface area contributed by atoms with Crippen LogP contribution < -0.4 is 10.3 Å². The lowest BCUT2D eigenvalue weighted by Gasteiger charge is -2.04. The Morgan fingerprint density at radius 3 is 2.75 bits per heavy atom. The fourth-order valence-corrected chi connectivity index (χ4v) is 2.76. The number of nitrogens with one attached hydrogen (secondary N) is 1. The van der Waals surface area contributed by atoms with E-state index in [1.165, 1.54) is 16.8 Å². The summed E-state index contributed by atoms with van der Waals surface area (Å²) in [7, 11) is 0. The summed E-state index contributed by atoms with van der Waals surface area (Å²) in [5.74, 6) is 0.359. The summed E-state index contributed by atoms with van der Waals surface area (Å²) in [5.41, 5.74) is 1.99. The molecule has 0 fully saturated rings. The van der Waals surface area contributed by atoms with Crippen LogP contribution in [-0.2, 0) is 0 Å². The van der Waals surface area contributed by atoms with Gasteiger partial charge in [0.05, 0.1) is 17.9 Å². The second-order valence-electron chi connectivity index (χ2n) is 5.38. The summed E-state index contributed by atoms with van der Waals surface area (Å²) in [6.07, 6.45) is 1.61. The minimum atomic E-state index is -0.369. The summed E-state index contributed by atoms with van der Waals surface area (Å²) < 4.78 is 20.3. The third-order valence-electron chi connectivity index (χ3n) is 3.88. The van der Waals surface area contributed by atoms with Crippen LogP contribution in [0.4, 0.5) is 4.39 Å². The highest BCUT2D eigenvalue weighted by Gasteiger charge is 2.19. The first-order valence-electron chi connectivity index (χ1n) is 7.60. The zero-order chi connectivity index (χ0) is 16.7. The number of ether oxygens (including phenoxy) is 1. The molecule has 0 spiro atoms. The van der Waals surface area contributed by atoms with Crippen molar-refractivity contribution in [1.82, 2.24) is 14.8 Å². The number of H-pyrrole nitrogens is 1. The van der Waals surface area contributed by atoms with Crippen molar-refractivity contribution in [3.63, 3.8) is 0 Å². The van der Waals surface area contributed by atoms with Gasteiger partial charge < -0.3 is 9.72 Å². The van der Waals surface area contributed by atoms with Gasteiger partial charge in [0, 0.05) is 17.1 Å². The zero-order valence-electron chi connectivity index (χ0n) is 12.9. The van der Waals surface area contributed by atoms with Crippen LogP contribution in [0.1, 0.15) is 6.92 Å². The predicted octanol–water partition coefficient (Wildman–Crippen LogP) is 3.36. The topological polar surface area (TPSA) is 59.9 Å². The molecular formula is C18H14FN3O2. The molecule has 2 heterocycles. The summed E-state index contributed by atoms with van der Waals surface area (Å²) >= 11 is 0. The van der Waals surface area contributed by atoms with Crippen molar-refractivity contribution in [2.45, 2.75) is 6.92 Å². The number of hydrogen-bond donors (Lipinski definition) is 1. The lowest BCUT2D eigenvalue weighted by Crippen LogP contribution is -2.14. The van der Waals surface area contributed by atoms with Gasteiger partial charge in [0.25, 0.3) is 5.56 Å². The highest BCUT2D eigenvalue weighted by atomic mass is 19.1. The normalized spacial score (nSPS) is 11.2. The number of nitrogens with zero attached hydrogens (tertiary/aromatic N) is 2. The molecule has 1 N–H and O–H groups in total. The van der Waals surface area contributed by atoms with Crippen LogP contribution in [0.3, 0.4) is 0 Å². The summed E-state index contributed by atoms with van der Waals surface area (Å²) in [4.78, 5) is 15.6. The minimum Gasteiger partial charge on any atom is -0.494 e. The van der Waals surface area contributed by atoms with Crippen molar-refractivity contribution in [3.8, 4) is 22.7 Å². The Hall–Kier alpha value is -3.15. The molecule has 2 aliphatic heterocycles. The molecule has 6 heteroatoms. The van der Waals surface area contributed by atoms with Crippen molar-refractivity contribution in [1.29, 1.82) is 0 Å². The lowest BCUT2D eigenvalue weighted by atomic mass is 10.1. The van der Waals surface area contributed by atoms with Gasteiger partial charge in [-0.05, 0) is 49.4 Å². The van der Waals surface area contributed by atoms with Gasteiger partial charge in [-0.25, -0.2) is 4.39 Å². The Morgan fingerprint density at radius 2 is 2.00 bits per heavy atom. The number of hydrogen-bond acceptors (Lipinski definition) is 3. The van der Waals surface area contributed by atoms with Crippen LogP contribution in [0.2, 0.25) is 0 Å². The Labute approximate surface area is 136 Å². The molecule has 0 radical (unpaired) electrons. The molecule has 0 amide bonds. The Morgan fingerprint density at radius 1 is 1.21 bits per heavy atom. The molecule has 24 heavy (non-hydrogen) atoms. The van der Waals surface area contributed by atoms with E-state index in [0.29, 0.717) is 28.9 Å². The maximum Gasteiger partial charge on any atom is 0.282 e. The van der Waals surface area contributed by atoms with Gasteiger partial charge in [-0.3, -0.25) is 4.79 Å². The van der Waals surface area contributed by atoms with Gasteiger partial charge in [-0.2, -0.15) is 9.78 Å². The molecule has 120 valence electrons. The van der Waals surface area contributed by atoms with Gasteiger partial charge in [-0.15, -0.1) is 0 Å². The van der Waals surface area contributed by atoms with Crippen molar-refractivity contribution < 1.29 is 9.13 Å². The van der Waals surface area contributed by atoms with E-state index in [1.54, 1.807) is 36.5 Å². The number of benzene rings is 2. The molecule has 0 saturated heterocycles. The van der Waals surface area contributed by atoms with Crippen LogP contribution in [0, 0.1) is 5.82 Å². The fourth-order valence-electron chi connectivity index (χ4n) is 2.76. The van der Waals surface area contributed by atoms with Gasteiger partial charge in [0.2, 0.25) is 0 Å². The van der Waals surface area contributed by atoms with E-state index in [9.17, 15) is 9.18 Å². The van der Waals surface area contributed by atoms with Crippen LogP contribution in [-0.4, -0.2) is 21.4 Å². The van der Waals surface area contributed by atoms with Gasteiger partial charge in [0.1, 0.15) is 17.3 Å². The molecule has 0 aromatic heterocycles. The van der Waals surface area contributed by atoms with E-state index in [2.05, 4.69) is 10.1 Å². The second-order valence-corrected chi connectivity index (χ2v) is 5.38. The third kappa shape index (κ3) is 2.23. The van der Waals surface area contributed by atoms with Crippen molar-refractivity contribution >= 4 is 10.9 Å². The summed E-state index contributed by atoms with van der Waals surface area (Å²) in [6, 6.07) is 11.5. The molecule has 2 aromatic carbocycles. The SMILES string of the molecule is CCOc1ccc(-n2nc3c4cc(F)ccc4[nH]cc-3c2=O)cc1. The Balaban J connectivity index is 1.91.